The predicted octanol–water partition coefficient (Wildman–Crippen LogP) is 6.92. The molecule has 0 radical (unpaired) electrons. The molecule has 0 fully saturated rings. The highest BCUT2D eigenvalue weighted by Gasteiger charge is 2.21. The van der Waals surface area contributed by atoms with E-state index >= 15 is 0 Å². The van der Waals surface area contributed by atoms with Crippen molar-refractivity contribution in [2.24, 2.45) is 0 Å². The van der Waals surface area contributed by atoms with Gasteiger partial charge in [-0.25, -0.2) is 13.1 Å². The van der Waals surface area contributed by atoms with Gasteiger partial charge in [0.25, 0.3) is 0 Å². The maximum Gasteiger partial charge on any atom is 0.241 e. The maximum absolute atomic E-state index is 13.3. The number of unbranched alkanes of at least 4 members (excludes halogenated alkanes) is 1. The van der Waals surface area contributed by atoms with E-state index in [9.17, 15) is 13.2 Å². The van der Waals surface area contributed by atoms with Crippen LogP contribution in [0.25, 0.3) is 11.1 Å². The minimum Gasteiger partial charge on any atom is -0.334 e. The average Bonchev–Trinajstić information content (AvgIpc) is 3.43. The summed E-state index contributed by atoms with van der Waals surface area (Å²) in [6.45, 7) is 3.22. The summed E-state index contributed by atoms with van der Waals surface area (Å²) in [7, 11) is -3.67. The molecule has 1 amide bonds. The molecule has 0 aliphatic carbocycles. The quantitative estimate of drug-likeness (QED) is 0.189. The molecule has 1 aromatic heterocycles. The Balaban J connectivity index is 1.59. The lowest BCUT2D eigenvalue weighted by Crippen LogP contribution is -2.31. The number of nitrogens with zero attached hydrogens (tertiary/aromatic N) is 1. The van der Waals surface area contributed by atoms with E-state index in [0.717, 1.165) is 28.8 Å². The molecule has 5 nitrogen and oxygen atoms in total. The predicted molar refractivity (Wildman–Crippen MR) is 156 cm³/mol. The number of hydrogen-bond acceptors (Lipinski definition) is 4. The molecule has 4 rings (SSSR count). The van der Waals surface area contributed by atoms with Gasteiger partial charge in [0, 0.05) is 35.1 Å². The van der Waals surface area contributed by atoms with Crippen LogP contribution in [0.5, 0.6) is 0 Å². The Bertz CT molecular complexity index is 1460. The SMILES string of the molecule is CCCCNS(=O)(=O)c1ccccc1-c1ccc(CN(Cc2ccccc2)C(=O)Cc2cccs2)c(Cl)c1. The van der Waals surface area contributed by atoms with Crippen molar-refractivity contribution in [2.45, 2.75) is 44.2 Å². The van der Waals surface area contributed by atoms with Gasteiger partial charge in [-0.1, -0.05) is 91.7 Å². The Morgan fingerprint density at radius 2 is 1.71 bits per heavy atom. The molecule has 8 heteroatoms. The Morgan fingerprint density at radius 3 is 2.42 bits per heavy atom. The summed E-state index contributed by atoms with van der Waals surface area (Å²) < 4.78 is 28.7. The number of halogens is 1. The van der Waals surface area contributed by atoms with Crippen LogP contribution in [0.15, 0.2) is 95.2 Å². The second-order valence-electron chi connectivity index (χ2n) is 9.05. The number of thiophene rings is 1. The molecule has 0 aliphatic rings. The van der Waals surface area contributed by atoms with E-state index in [1.54, 1.807) is 35.6 Å². The summed E-state index contributed by atoms with van der Waals surface area (Å²) in [6.07, 6.45) is 2.00. The largest absolute Gasteiger partial charge is 0.334 e. The third kappa shape index (κ3) is 7.32. The van der Waals surface area contributed by atoms with Crippen LogP contribution in [-0.2, 0) is 34.3 Å². The summed E-state index contributed by atoms with van der Waals surface area (Å²) in [5.41, 5.74) is 3.12. The summed E-state index contributed by atoms with van der Waals surface area (Å²) in [6, 6.07) is 26.2. The molecule has 0 atom stereocenters. The fourth-order valence-corrected chi connectivity index (χ4v) is 6.40. The number of carbonyl (C=O) groups is 1. The first-order chi connectivity index (χ1) is 18.4. The third-order valence-corrected chi connectivity index (χ3v) is 8.95. The van der Waals surface area contributed by atoms with Gasteiger partial charge < -0.3 is 4.90 Å². The second-order valence-corrected chi connectivity index (χ2v) is 12.2. The molecule has 0 saturated carbocycles. The molecule has 1 N–H and O–H groups in total. The Labute approximate surface area is 234 Å². The van der Waals surface area contributed by atoms with Crippen molar-refractivity contribution in [3.8, 4) is 11.1 Å². The van der Waals surface area contributed by atoms with Gasteiger partial charge in [-0.2, -0.15) is 0 Å². The number of carbonyl (C=O) groups excluding carboxylic acids is 1. The zero-order chi connectivity index (χ0) is 27.0. The topological polar surface area (TPSA) is 66.5 Å². The fourth-order valence-electron chi connectivity index (χ4n) is 4.16. The summed E-state index contributed by atoms with van der Waals surface area (Å²) >= 11 is 8.31. The fraction of sp³-hybridized carbons (Fsp3) is 0.233. The average molecular weight is 567 g/mol. The smallest absolute Gasteiger partial charge is 0.241 e. The number of amides is 1. The van der Waals surface area contributed by atoms with Gasteiger partial charge in [0.2, 0.25) is 15.9 Å². The highest BCUT2D eigenvalue weighted by molar-refractivity contribution is 7.89. The molecule has 4 aromatic rings. The normalized spacial score (nSPS) is 11.4. The minimum atomic E-state index is -3.67. The van der Waals surface area contributed by atoms with E-state index in [-0.39, 0.29) is 10.8 Å². The van der Waals surface area contributed by atoms with Crippen molar-refractivity contribution in [3.63, 3.8) is 0 Å². The summed E-state index contributed by atoms with van der Waals surface area (Å²) in [5, 5.41) is 2.45. The standard InChI is InChI=1S/C30H31ClN2O3S2/c1-2-3-17-32-38(35,36)29-14-8-7-13-27(29)24-15-16-25(28(31)19-24)22-33(21-23-10-5-4-6-11-23)30(34)20-26-12-9-18-37-26/h4-16,18-19,32H,2-3,17,20-22H2,1H3. The third-order valence-electron chi connectivity index (χ3n) is 6.20. The lowest BCUT2D eigenvalue weighted by atomic mass is 10.0. The van der Waals surface area contributed by atoms with E-state index in [0.29, 0.717) is 42.2 Å². The van der Waals surface area contributed by atoms with E-state index in [4.69, 9.17) is 11.6 Å². The summed E-state index contributed by atoms with van der Waals surface area (Å²) in [4.78, 5) is 16.3. The van der Waals surface area contributed by atoms with Crippen molar-refractivity contribution < 1.29 is 13.2 Å². The monoisotopic (exact) mass is 566 g/mol. The first-order valence-corrected chi connectivity index (χ1v) is 15.3. The molecule has 0 aliphatic heterocycles. The molecule has 38 heavy (non-hydrogen) atoms. The van der Waals surface area contributed by atoms with Gasteiger partial charge in [-0.05, 0) is 46.7 Å². The van der Waals surface area contributed by atoms with Crippen molar-refractivity contribution >= 4 is 38.9 Å². The molecule has 3 aromatic carbocycles. The maximum atomic E-state index is 13.3. The Morgan fingerprint density at radius 1 is 0.947 bits per heavy atom. The molecule has 1 heterocycles. The van der Waals surface area contributed by atoms with E-state index in [1.807, 2.05) is 77.9 Å². The van der Waals surface area contributed by atoms with Gasteiger partial charge in [0.05, 0.1) is 11.3 Å². The molecular weight excluding hydrogens is 536 g/mol. The second kappa shape index (κ2) is 13.2. The molecular formula is C30H31ClN2O3S2. The highest BCUT2D eigenvalue weighted by atomic mass is 35.5. The van der Waals surface area contributed by atoms with Gasteiger partial charge in [0.1, 0.15) is 0 Å². The number of rotatable bonds is 12. The van der Waals surface area contributed by atoms with Gasteiger partial charge in [-0.15, -0.1) is 11.3 Å². The van der Waals surface area contributed by atoms with Crippen molar-refractivity contribution in [2.75, 3.05) is 6.54 Å². The van der Waals surface area contributed by atoms with Gasteiger partial charge in [-0.3, -0.25) is 4.79 Å². The molecule has 198 valence electrons. The van der Waals surface area contributed by atoms with Crippen molar-refractivity contribution in [1.29, 1.82) is 0 Å². The first kappa shape index (κ1) is 28.0. The van der Waals surface area contributed by atoms with Crippen LogP contribution in [-0.4, -0.2) is 25.8 Å². The van der Waals surface area contributed by atoms with Crippen LogP contribution in [0.2, 0.25) is 5.02 Å². The zero-order valence-corrected chi connectivity index (χ0v) is 23.7. The van der Waals surface area contributed by atoms with E-state index in [1.165, 1.54) is 0 Å². The lowest BCUT2D eigenvalue weighted by Gasteiger charge is -2.24. The zero-order valence-electron chi connectivity index (χ0n) is 21.3. The Hall–Kier alpha value is -2.97. The number of sulfonamides is 1. The minimum absolute atomic E-state index is 0.0195. The van der Waals surface area contributed by atoms with Gasteiger partial charge in [0.15, 0.2) is 0 Å². The van der Waals surface area contributed by atoms with Crippen LogP contribution < -0.4 is 4.72 Å². The van der Waals surface area contributed by atoms with Crippen LogP contribution in [0, 0.1) is 0 Å². The molecule has 0 saturated heterocycles. The van der Waals surface area contributed by atoms with Crippen LogP contribution >= 0.6 is 22.9 Å². The number of benzene rings is 3. The van der Waals surface area contributed by atoms with Crippen LogP contribution in [0.3, 0.4) is 0 Å². The highest BCUT2D eigenvalue weighted by Crippen LogP contribution is 2.31. The summed E-state index contributed by atoms with van der Waals surface area (Å²) in [5.74, 6) is 0.0195. The van der Waals surface area contributed by atoms with Gasteiger partial charge >= 0.3 is 0 Å². The molecule has 0 bridgehead atoms. The number of hydrogen-bond donors (Lipinski definition) is 1. The van der Waals surface area contributed by atoms with E-state index in [2.05, 4.69) is 4.72 Å². The van der Waals surface area contributed by atoms with E-state index < -0.39 is 10.0 Å². The van der Waals surface area contributed by atoms with Crippen molar-refractivity contribution in [3.05, 3.63) is 111 Å². The molecule has 0 unspecified atom stereocenters. The van der Waals surface area contributed by atoms with Crippen LogP contribution in [0.1, 0.15) is 35.8 Å². The number of nitrogens with one attached hydrogen (secondary N) is 1. The lowest BCUT2D eigenvalue weighted by molar-refractivity contribution is -0.131. The van der Waals surface area contributed by atoms with Crippen LogP contribution in [0.4, 0.5) is 0 Å². The first-order valence-electron chi connectivity index (χ1n) is 12.6. The Kier molecular flexibility index (Phi) is 9.74. The van der Waals surface area contributed by atoms with Crippen molar-refractivity contribution in [1.82, 2.24) is 9.62 Å². The molecule has 0 spiro atoms.